The van der Waals surface area contributed by atoms with E-state index in [9.17, 15) is 9.59 Å². The highest BCUT2D eigenvalue weighted by Crippen LogP contribution is 2.26. The molecule has 0 aliphatic carbocycles. The van der Waals surface area contributed by atoms with Crippen LogP contribution >= 0.6 is 11.3 Å². The van der Waals surface area contributed by atoms with Crippen molar-refractivity contribution in [3.05, 3.63) is 45.8 Å². The van der Waals surface area contributed by atoms with E-state index >= 15 is 0 Å². The highest BCUT2D eigenvalue weighted by Gasteiger charge is 2.19. The van der Waals surface area contributed by atoms with Crippen molar-refractivity contribution in [3.8, 4) is 16.3 Å². The molecule has 0 radical (unpaired) electrons. The topological polar surface area (TPSA) is 81.9 Å². The van der Waals surface area contributed by atoms with Crippen molar-refractivity contribution in [2.45, 2.75) is 6.92 Å². The molecule has 3 heterocycles. The standard InChI is InChI=1S/C18H16N2O5S/c1-11-10-26-16(19-11)14-8-12-2-3-13(9-15(12)25-17(14)21)24-18(22)20-4-6-23-7-5-20/h2-3,8-10H,4-7H2,1H3. The summed E-state index contributed by atoms with van der Waals surface area (Å²) in [6.07, 6.45) is -0.440. The molecule has 1 aromatic carbocycles. The van der Waals surface area contributed by atoms with Gasteiger partial charge in [0.25, 0.3) is 0 Å². The van der Waals surface area contributed by atoms with Gasteiger partial charge in [-0.15, -0.1) is 11.3 Å². The molecule has 26 heavy (non-hydrogen) atoms. The Morgan fingerprint density at radius 1 is 1.27 bits per heavy atom. The van der Waals surface area contributed by atoms with Gasteiger partial charge < -0.3 is 18.8 Å². The molecule has 7 nitrogen and oxygen atoms in total. The van der Waals surface area contributed by atoms with Crippen molar-refractivity contribution in [2.75, 3.05) is 26.3 Å². The maximum Gasteiger partial charge on any atom is 0.415 e. The first-order valence-corrected chi connectivity index (χ1v) is 9.03. The minimum atomic E-state index is -0.469. The second kappa shape index (κ2) is 6.89. The molecule has 134 valence electrons. The zero-order chi connectivity index (χ0) is 18.1. The predicted octanol–water partition coefficient (Wildman–Crippen LogP) is 3.06. The summed E-state index contributed by atoms with van der Waals surface area (Å²) < 4.78 is 16.0. The number of morpholine rings is 1. The van der Waals surface area contributed by atoms with Crippen molar-refractivity contribution < 1.29 is 18.7 Å². The Bertz CT molecular complexity index is 1020. The van der Waals surface area contributed by atoms with E-state index < -0.39 is 11.7 Å². The number of hydrogen-bond acceptors (Lipinski definition) is 7. The molecule has 0 unspecified atom stereocenters. The highest BCUT2D eigenvalue weighted by atomic mass is 32.1. The summed E-state index contributed by atoms with van der Waals surface area (Å²) >= 11 is 1.40. The third-order valence-electron chi connectivity index (χ3n) is 4.03. The zero-order valence-electron chi connectivity index (χ0n) is 14.1. The number of carbonyl (C=O) groups is 1. The van der Waals surface area contributed by atoms with Crippen LogP contribution in [-0.4, -0.2) is 42.3 Å². The fourth-order valence-electron chi connectivity index (χ4n) is 2.69. The molecule has 1 fully saturated rings. The fraction of sp³-hybridized carbons (Fsp3) is 0.278. The lowest BCUT2D eigenvalue weighted by Gasteiger charge is -2.25. The molecule has 8 heteroatoms. The van der Waals surface area contributed by atoms with Crippen LogP contribution in [0.5, 0.6) is 5.75 Å². The van der Waals surface area contributed by atoms with E-state index in [4.69, 9.17) is 13.9 Å². The average molecular weight is 372 g/mol. The number of fused-ring (bicyclic) bond motifs is 1. The van der Waals surface area contributed by atoms with Crippen molar-refractivity contribution in [1.29, 1.82) is 0 Å². The van der Waals surface area contributed by atoms with E-state index in [2.05, 4.69) is 4.98 Å². The van der Waals surface area contributed by atoms with Gasteiger partial charge in [0, 0.05) is 35.6 Å². The van der Waals surface area contributed by atoms with E-state index in [-0.39, 0.29) is 0 Å². The Labute approximate surface area is 152 Å². The van der Waals surface area contributed by atoms with E-state index in [1.807, 2.05) is 12.3 Å². The molecular formula is C18H16N2O5S. The molecule has 3 aromatic rings. The first-order valence-electron chi connectivity index (χ1n) is 8.15. The van der Waals surface area contributed by atoms with Crippen molar-refractivity contribution in [1.82, 2.24) is 9.88 Å². The number of carbonyl (C=O) groups excluding carboxylic acids is 1. The van der Waals surface area contributed by atoms with E-state index in [1.54, 1.807) is 29.2 Å². The smallest absolute Gasteiger partial charge is 0.415 e. The first kappa shape index (κ1) is 16.7. The SMILES string of the molecule is Cc1csc(-c2cc3ccc(OC(=O)N4CCOCC4)cc3oc2=O)n1. The third-order valence-corrected chi connectivity index (χ3v) is 5.02. The van der Waals surface area contributed by atoms with Gasteiger partial charge in [-0.2, -0.15) is 0 Å². The quantitative estimate of drug-likeness (QED) is 0.643. The van der Waals surface area contributed by atoms with Gasteiger partial charge in [0.1, 0.15) is 16.3 Å². The summed E-state index contributed by atoms with van der Waals surface area (Å²) in [6.45, 7) is 3.87. The van der Waals surface area contributed by atoms with Crippen molar-refractivity contribution >= 4 is 28.4 Å². The van der Waals surface area contributed by atoms with Crippen LogP contribution in [0.4, 0.5) is 4.79 Å². The molecule has 1 amide bonds. The van der Waals surface area contributed by atoms with Crippen LogP contribution in [0.3, 0.4) is 0 Å². The Kier molecular flexibility index (Phi) is 4.44. The number of hydrogen-bond donors (Lipinski definition) is 0. The molecule has 0 spiro atoms. The van der Waals surface area contributed by atoms with Crippen LogP contribution in [-0.2, 0) is 4.74 Å². The molecule has 0 atom stereocenters. The fourth-order valence-corrected chi connectivity index (χ4v) is 3.49. The average Bonchev–Trinajstić information content (AvgIpc) is 3.08. The van der Waals surface area contributed by atoms with Crippen LogP contribution in [0.15, 0.2) is 38.9 Å². The summed E-state index contributed by atoms with van der Waals surface area (Å²) in [4.78, 5) is 30.4. The van der Waals surface area contributed by atoms with Gasteiger partial charge in [0.15, 0.2) is 0 Å². The van der Waals surface area contributed by atoms with Crippen LogP contribution in [0.25, 0.3) is 21.5 Å². The third kappa shape index (κ3) is 3.33. The monoisotopic (exact) mass is 372 g/mol. The van der Waals surface area contributed by atoms with Gasteiger partial charge in [-0.3, -0.25) is 0 Å². The van der Waals surface area contributed by atoms with Crippen LogP contribution in [0.1, 0.15) is 5.69 Å². The van der Waals surface area contributed by atoms with Gasteiger partial charge in [-0.25, -0.2) is 14.6 Å². The van der Waals surface area contributed by atoms with E-state index in [1.165, 1.54) is 11.3 Å². The Balaban J connectivity index is 1.61. The molecule has 4 rings (SSSR count). The second-order valence-electron chi connectivity index (χ2n) is 5.91. The number of ether oxygens (including phenoxy) is 2. The Morgan fingerprint density at radius 3 is 2.81 bits per heavy atom. The molecule has 1 aliphatic heterocycles. The number of thiazole rings is 1. The minimum Gasteiger partial charge on any atom is -0.422 e. The molecule has 0 N–H and O–H groups in total. The van der Waals surface area contributed by atoms with Crippen LogP contribution < -0.4 is 10.4 Å². The summed E-state index contributed by atoms with van der Waals surface area (Å²) in [7, 11) is 0. The molecule has 0 bridgehead atoms. The van der Waals surface area contributed by atoms with E-state index in [0.29, 0.717) is 48.2 Å². The maximum absolute atomic E-state index is 12.3. The molecule has 2 aromatic heterocycles. The maximum atomic E-state index is 12.3. The lowest BCUT2D eigenvalue weighted by Crippen LogP contribution is -2.42. The summed E-state index contributed by atoms with van der Waals surface area (Å²) in [5, 5.41) is 3.24. The van der Waals surface area contributed by atoms with E-state index in [0.717, 1.165) is 11.1 Å². The molecule has 1 saturated heterocycles. The molecule has 1 aliphatic rings. The van der Waals surface area contributed by atoms with Crippen molar-refractivity contribution in [2.24, 2.45) is 0 Å². The Morgan fingerprint density at radius 2 is 2.08 bits per heavy atom. The summed E-state index contributed by atoms with van der Waals surface area (Å²) in [6, 6.07) is 6.72. The number of benzene rings is 1. The number of amides is 1. The lowest BCUT2D eigenvalue weighted by molar-refractivity contribution is 0.0416. The van der Waals surface area contributed by atoms with Gasteiger partial charge in [0.05, 0.1) is 18.8 Å². The summed E-state index contributed by atoms with van der Waals surface area (Å²) in [5.41, 5.74) is 1.17. The summed E-state index contributed by atoms with van der Waals surface area (Å²) in [5.74, 6) is 0.329. The van der Waals surface area contributed by atoms with Crippen LogP contribution in [0, 0.1) is 6.92 Å². The van der Waals surface area contributed by atoms with Crippen molar-refractivity contribution in [3.63, 3.8) is 0 Å². The van der Waals surface area contributed by atoms with Gasteiger partial charge in [-0.05, 0) is 25.1 Å². The normalized spacial score (nSPS) is 14.6. The minimum absolute atomic E-state index is 0.329. The van der Waals surface area contributed by atoms with Gasteiger partial charge >= 0.3 is 11.7 Å². The lowest BCUT2D eigenvalue weighted by atomic mass is 10.2. The van der Waals surface area contributed by atoms with Gasteiger partial charge in [-0.1, -0.05) is 0 Å². The van der Waals surface area contributed by atoms with Gasteiger partial charge in [0.2, 0.25) is 0 Å². The molecular weight excluding hydrogens is 356 g/mol. The number of aryl methyl sites for hydroxylation is 1. The Hall–Kier alpha value is -2.71. The highest BCUT2D eigenvalue weighted by molar-refractivity contribution is 7.13. The second-order valence-corrected chi connectivity index (χ2v) is 6.77. The number of rotatable bonds is 2. The largest absolute Gasteiger partial charge is 0.422 e. The number of nitrogens with zero attached hydrogens (tertiary/aromatic N) is 2. The zero-order valence-corrected chi connectivity index (χ0v) is 14.9. The van der Waals surface area contributed by atoms with Crippen LogP contribution in [0.2, 0.25) is 0 Å². The predicted molar refractivity (Wildman–Crippen MR) is 96.7 cm³/mol. The molecule has 0 saturated carbocycles. The first-order chi connectivity index (χ1) is 12.6. The number of aromatic nitrogens is 1.